The van der Waals surface area contributed by atoms with Crippen molar-refractivity contribution in [2.75, 3.05) is 6.61 Å². The second-order valence-corrected chi connectivity index (χ2v) is 15.8. The van der Waals surface area contributed by atoms with E-state index in [0.717, 1.165) is 42.9 Å². The maximum Gasteiger partial charge on any atom is 0.186 e. The molecule has 1 heterocycles. The van der Waals surface area contributed by atoms with Gasteiger partial charge in [0, 0.05) is 0 Å². The standard InChI is InChI=1S/C35H60O7/c1-7-21(19(2)3)9-8-20(4)24-10-11-25-29-26(13-15-35(24,25)6)34(5)14-12-23(16-22(34)17-27(29)37)41-33-32(40)31(39)30(38)28(18-36)42-33/h17,19-21,23-33,36-40H,7-16,18H2,1-6H3/t20-,21-,23+,24?,25?,26+,27?,28?,29+,30-,31+,32-,33-,34+,35-/m1/s1. The molecule has 0 aromatic carbocycles. The van der Waals surface area contributed by atoms with Crippen molar-refractivity contribution >= 4 is 0 Å². The average molecular weight is 593 g/mol. The Morgan fingerprint density at radius 2 is 1.67 bits per heavy atom. The Morgan fingerprint density at radius 3 is 2.33 bits per heavy atom. The summed E-state index contributed by atoms with van der Waals surface area (Å²) in [5.74, 6) is 4.35. The maximum atomic E-state index is 11.7. The highest BCUT2D eigenvalue weighted by molar-refractivity contribution is 5.28. The minimum Gasteiger partial charge on any atom is -0.394 e. The van der Waals surface area contributed by atoms with Crippen LogP contribution in [0, 0.1) is 52.3 Å². The molecule has 4 fully saturated rings. The van der Waals surface area contributed by atoms with Crippen LogP contribution in [0.3, 0.4) is 0 Å². The van der Waals surface area contributed by atoms with E-state index in [0.29, 0.717) is 29.6 Å². The van der Waals surface area contributed by atoms with Crippen LogP contribution in [0.25, 0.3) is 0 Å². The van der Waals surface area contributed by atoms with Crippen LogP contribution in [0.2, 0.25) is 0 Å². The number of fused-ring (bicyclic) bond motifs is 5. The molecule has 0 aromatic heterocycles. The topological polar surface area (TPSA) is 120 Å². The highest BCUT2D eigenvalue weighted by Crippen LogP contribution is 2.67. The van der Waals surface area contributed by atoms with Crippen molar-refractivity contribution in [3.63, 3.8) is 0 Å². The minimum absolute atomic E-state index is 0.0236. The molecule has 4 aliphatic carbocycles. The normalized spacial score (nSPS) is 48.7. The zero-order chi connectivity index (χ0) is 30.6. The van der Waals surface area contributed by atoms with Crippen LogP contribution in [0.5, 0.6) is 0 Å². The Bertz CT molecular complexity index is 952. The van der Waals surface area contributed by atoms with Crippen LogP contribution in [-0.2, 0) is 9.47 Å². The maximum absolute atomic E-state index is 11.7. The van der Waals surface area contributed by atoms with E-state index in [9.17, 15) is 25.5 Å². The Kier molecular flexibility index (Phi) is 9.92. The Labute approximate surface area is 254 Å². The summed E-state index contributed by atoms with van der Waals surface area (Å²) in [5, 5.41) is 52.1. The van der Waals surface area contributed by atoms with Gasteiger partial charge < -0.3 is 35.0 Å². The molecule has 1 aliphatic heterocycles. The zero-order valence-electron chi connectivity index (χ0n) is 27.0. The molecule has 0 aromatic rings. The smallest absolute Gasteiger partial charge is 0.186 e. The van der Waals surface area contributed by atoms with Crippen LogP contribution < -0.4 is 0 Å². The predicted molar refractivity (Wildman–Crippen MR) is 162 cm³/mol. The molecule has 1 saturated heterocycles. The Morgan fingerprint density at radius 1 is 0.929 bits per heavy atom. The number of rotatable bonds is 9. The van der Waals surface area contributed by atoms with Crippen LogP contribution >= 0.6 is 0 Å². The van der Waals surface area contributed by atoms with Gasteiger partial charge in [-0.2, -0.15) is 0 Å². The van der Waals surface area contributed by atoms with E-state index >= 15 is 0 Å². The third-order valence-electron chi connectivity index (χ3n) is 13.5. The van der Waals surface area contributed by atoms with Crippen molar-refractivity contribution in [2.45, 2.75) is 149 Å². The summed E-state index contributed by atoms with van der Waals surface area (Å²) in [6, 6.07) is 0. The van der Waals surface area contributed by atoms with E-state index < -0.39 is 43.4 Å². The summed E-state index contributed by atoms with van der Waals surface area (Å²) in [6.07, 6.45) is 6.41. The zero-order valence-corrected chi connectivity index (χ0v) is 27.0. The first-order chi connectivity index (χ1) is 19.8. The summed E-state index contributed by atoms with van der Waals surface area (Å²) < 4.78 is 11.8. The second kappa shape index (κ2) is 12.7. The van der Waals surface area contributed by atoms with E-state index in [1.165, 1.54) is 44.1 Å². The van der Waals surface area contributed by atoms with Crippen molar-refractivity contribution < 1.29 is 35.0 Å². The van der Waals surface area contributed by atoms with E-state index in [1.807, 2.05) is 0 Å². The van der Waals surface area contributed by atoms with Crippen molar-refractivity contribution in [1.82, 2.24) is 0 Å². The fourth-order valence-corrected chi connectivity index (χ4v) is 10.8. The molecular formula is C35H60O7. The second-order valence-electron chi connectivity index (χ2n) is 15.8. The molecule has 0 radical (unpaired) electrons. The van der Waals surface area contributed by atoms with Crippen molar-refractivity contribution in [2.24, 2.45) is 52.3 Å². The molecule has 0 bridgehead atoms. The summed E-state index contributed by atoms with van der Waals surface area (Å²) in [5.41, 5.74) is 1.57. The van der Waals surface area contributed by atoms with Gasteiger partial charge in [-0.1, -0.05) is 66.0 Å². The average Bonchev–Trinajstić information content (AvgIpc) is 3.31. The molecule has 7 nitrogen and oxygen atoms in total. The van der Waals surface area contributed by atoms with Crippen molar-refractivity contribution in [3.05, 3.63) is 11.6 Å². The van der Waals surface area contributed by atoms with E-state index in [1.54, 1.807) is 0 Å². The van der Waals surface area contributed by atoms with Crippen LogP contribution in [0.15, 0.2) is 11.6 Å². The van der Waals surface area contributed by atoms with Gasteiger partial charge in [-0.25, -0.2) is 0 Å². The molecule has 0 amide bonds. The molecule has 242 valence electrons. The quantitative estimate of drug-likeness (QED) is 0.244. The number of hydrogen-bond acceptors (Lipinski definition) is 7. The van der Waals surface area contributed by atoms with Gasteiger partial charge in [-0.15, -0.1) is 0 Å². The SMILES string of the molecule is CC[C@H](CC[C@@H](C)C1CCC2[C@@H]3C(O)C=C4C[C@@H](O[C@@H]5OC(CO)[C@@H](O)[C@H](O)[C@H]5O)CC[C@]4(C)[C@H]3CC[C@@]21C)C(C)C. The fourth-order valence-electron chi connectivity index (χ4n) is 10.8. The van der Waals surface area contributed by atoms with Crippen LogP contribution in [0.4, 0.5) is 0 Å². The van der Waals surface area contributed by atoms with Gasteiger partial charge in [0.2, 0.25) is 0 Å². The number of aliphatic hydroxyl groups excluding tert-OH is 5. The number of ether oxygens (including phenoxy) is 2. The Hall–Kier alpha value is -0.540. The van der Waals surface area contributed by atoms with Gasteiger partial charge in [-0.05, 0) is 104 Å². The van der Waals surface area contributed by atoms with E-state index in [2.05, 4.69) is 47.6 Å². The lowest BCUT2D eigenvalue weighted by molar-refractivity contribution is -0.313. The largest absolute Gasteiger partial charge is 0.394 e. The monoisotopic (exact) mass is 592 g/mol. The highest BCUT2D eigenvalue weighted by atomic mass is 16.7. The van der Waals surface area contributed by atoms with Gasteiger partial charge in [0.25, 0.3) is 0 Å². The molecule has 4 unspecified atom stereocenters. The van der Waals surface area contributed by atoms with Gasteiger partial charge in [0.05, 0.1) is 18.8 Å². The van der Waals surface area contributed by atoms with Crippen LogP contribution in [-0.4, -0.2) is 75.1 Å². The summed E-state index contributed by atoms with van der Waals surface area (Å²) in [4.78, 5) is 0. The number of aliphatic hydroxyl groups is 5. The first-order valence-electron chi connectivity index (χ1n) is 17.2. The molecule has 5 aliphatic rings. The highest BCUT2D eigenvalue weighted by Gasteiger charge is 2.61. The molecular weight excluding hydrogens is 532 g/mol. The first kappa shape index (κ1) is 32.8. The lowest BCUT2D eigenvalue weighted by Crippen LogP contribution is -2.60. The Balaban J connectivity index is 1.27. The summed E-state index contributed by atoms with van der Waals surface area (Å²) >= 11 is 0. The first-order valence-corrected chi connectivity index (χ1v) is 17.2. The van der Waals surface area contributed by atoms with E-state index in [4.69, 9.17) is 9.47 Å². The van der Waals surface area contributed by atoms with Gasteiger partial charge in [0.1, 0.15) is 24.4 Å². The van der Waals surface area contributed by atoms with Crippen molar-refractivity contribution in [3.8, 4) is 0 Å². The molecule has 5 N–H and O–H groups in total. The fraction of sp³-hybridized carbons (Fsp3) is 0.943. The summed E-state index contributed by atoms with van der Waals surface area (Å²) in [6.45, 7) is 14.1. The molecule has 7 heteroatoms. The minimum atomic E-state index is -1.44. The number of hydrogen-bond donors (Lipinski definition) is 5. The lowest BCUT2D eigenvalue weighted by Gasteiger charge is -2.59. The van der Waals surface area contributed by atoms with Gasteiger partial charge in [0.15, 0.2) is 6.29 Å². The van der Waals surface area contributed by atoms with Crippen LogP contribution in [0.1, 0.15) is 106 Å². The van der Waals surface area contributed by atoms with E-state index in [-0.39, 0.29) is 11.5 Å². The molecule has 0 spiro atoms. The van der Waals surface area contributed by atoms with Crippen molar-refractivity contribution in [1.29, 1.82) is 0 Å². The lowest BCUT2D eigenvalue weighted by atomic mass is 9.46. The van der Waals surface area contributed by atoms with Gasteiger partial charge in [-0.3, -0.25) is 0 Å². The third kappa shape index (κ3) is 5.67. The molecule has 15 atom stereocenters. The predicted octanol–water partition coefficient (Wildman–Crippen LogP) is 4.82. The summed E-state index contributed by atoms with van der Waals surface area (Å²) in [7, 11) is 0. The molecule has 5 rings (SSSR count). The third-order valence-corrected chi connectivity index (χ3v) is 13.5. The molecule has 42 heavy (non-hydrogen) atoms. The molecule has 3 saturated carbocycles. The van der Waals surface area contributed by atoms with Gasteiger partial charge >= 0.3 is 0 Å².